The van der Waals surface area contributed by atoms with Gasteiger partial charge in [0.2, 0.25) is 0 Å². The molecule has 4 N–H and O–H groups in total. The van der Waals surface area contributed by atoms with Gasteiger partial charge in [-0.3, -0.25) is 9.52 Å². The van der Waals surface area contributed by atoms with Crippen LogP contribution in [0.15, 0.2) is 76.4 Å². The number of hydrogen-bond donors (Lipinski definition) is 4. The van der Waals surface area contributed by atoms with Crippen LogP contribution < -0.4 is 15.7 Å². The van der Waals surface area contributed by atoms with E-state index in [1.807, 2.05) is 0 Å². The van der Waals surface area contributed by atoms with Gasteiger partial charge in [0.15, 0.2) is 6.10 Å². The highest BCUT2D eigenvalue weighted by Gasteiger charge is 2.20. The number of nitrogens with one attached hydrogen (secondary N) is 4. The van der Waals surface area contributed by atoms with E-state index in [-0.39, 0.29) is 16.1 Å². The zero-order valence-corrected chi connectivity index (χ0v) is 19.7. The zero-order valence-electron chi connectivity index (χ0n) is 18.2. The lowest BCUT2D eigenvalue weighted by atomic mass is 10.2. The van der Waals surface area contributed by atoms with E-state index in [2.05, 4.69) is 20.0 Å². The number of halogens is 1. The number of carbonyl (C=O) groups excluding carboxylic acids is 2. The van der Waals surface area contributed by atoms with E-state index < -0.39 is 33.7 Å². The molecule has 0 spiro atoms. The summed E-state index contributed by atoms with van der Waals surface area (Å²) in [7, 11) is -3.95. The zero-order chi connectivity index (χ0) is 25.2. The first-order valence-electron chi connectivity index (χ1n) is 10.2. The molecule has 1 amide bonds. The molecule has 3 aromatic carbocycles. The van der Waals surface area contributed by atoms with Crippen molar-refractivity contribution in [3.63, 3.8) is 0 Å². The molecular weight excluding hydrogens is 496 g/mol. The molecule has 0 radical (unpaired) electrons. The fourth-order valence-corrected chi connectivity index (χ4v) is 4.34. The summed E-state index contributed by atoms with van der Waals surface area (Å²) in [4.78, 5) is 41.1. The van der Waals surface area contributed by atoms with Gasteiger partial charge in [-0.05, 0) is 73.7 Å². The third kappa shape index (κ3) is 5.70. The van der Waals surface area contributed by atoms with Crippen molar-refractivity contribution in [2.45, 2.75) is 17.9 Å². The number of carbonyl (C=O) groups is 2. The molecule has 0 fully saturated rings. The first kappa shape index (κ1) is 24.0. The fourth-order valence-electron chi connectivity index (χ4n) is 3.13. The summed E-state index contributed by atoms with van der Waals surface area (Å²) in [6.07, 6.45) is -1.08. The second-order valence-electron chi connectivity index (χ2n) is 7.51. The number of sulfonamides is 1. The van der Waals surface area contributed by atoms with E-state index in [1.54, 1.807) is 24.3 Å². The number of rotatable bonds is 7. The maximum absolute atomic E-state index is 12.7. The van der Waals surface area contributed by atoms with Crippen molar-refractivity contribution in [3.05, 3.63) is 87.8 Å². The third-order valence-electron chi connectivity index (χ3n) is 4.94. The monoisotopic (exact) mass is 514 g/mol. The minimum Gasteiger partial charge on any atom is -0.449 e. The Hall–Kier alpha value is -4.09. The van der Waals surface area contributed by atoms with Gasteiger partial charge in [0.25, 0.3) is 15.9 Å². The van der Waals surface area contributed by atoms with E-state index in [0.29, 0.717) is 21.7 Å². The minimum absolute atomic E-state index is 0.0516. The first-order valence-corrected chi connectivity index (χ1v) is 12.1. The number of amides is 1. The van der Waals surface area contributed by atoms with Crippen molar-refractivity contribution in [2.24, 2.45) is 0 Å². The van der Waals surface area contributed by atoms with E-state index in [9.17, 15) is 22.8 Å². The van der Waals surface area contributed by atoms with Gasteiger partial charge in [0, 0.05) is 16.4 Å². The molecule has 0 saturated carbocycles. The quantitative estimate of drug-likeness (QED) is 0.277. The van der Waals surface area contributed by atoms with Gasteiger partial charge in [-0.2, -0.15) is 0 Å². The molecule has 0 bridgehead atoms. The number of imidazole rings is 1. The summed E-state index contributed by atoms with van der Waals surface area (Å²) >= 11 is 5.81. The first-order chi connectivity index (χ1) is 16.6. The Balaban J connectivity index is 1.39. The van der Waals surface area contributed by atoms with Crippen LogP contribution in [-0.4, -0.2) is 36.4 Å². The molecule has 0 aliphatic carbocycles. The Bertz CT molecular complexity index is 1560. The smallest absolute Gasteiger partial charge is 0.338 e. The van der Waals surface area contributed by atoms with Gasteiger partial charge < -0.3 is 20.0 Å². The number of esters is 1. The van der Waals surface area contributed by atoms with Gasteiger partial charge in [0.05, 0.1) is 21.5 Å². The van der Waals surface area contributed by atoms with Crippen molar-refractivity contribution in [2.75, 3.05) is 10.0 Å². The van der Waals surface area contributed by atoms with E-state index in [4.69, 9.17) is 16.3 Å². The summed E-state index contributed by atoms with van der Waals surface area (Å²) in [5.74, 6) is -1.27. The van der Waals surface area contributed by atoms with E-state index in [1.165, 1.54) is 49.4 Å². The van der Waals surface area contributed by atoms with Gasteiger partial charge >= 0.3 is 11.7 Å². The number of anilines is 2. The Morgan fingerprint density at radius 2 is 1.54 bits per heavy atom. The number of hydrogen-bond acceptors (Lipinski definition) is 6. The molecule has 0 aliphatic rings. The Morgan fingerprint density at radius 1 is 0.914 bits per heavy atom. The number of H-pyrrole nitrogens is 2. The Morgan fingerprint density at radius 3 is 2.23 bits per heavy atom. The predicted octanol–water partition coefficient (Wildman–Crippen LogP) is 3.49. The fraction of sp³-hybridized carbons (Fsp3) is 0.0870. The summed E-state index contributed by atoms with van der Waals surface area (Å²) < 4.78 is 33.0. The number of aromatic amines is 2. The predicted molar refractivity (Wildman–Crippen MR) is 131 cm³/mol. The average molecular weight is 515 g/mol. The molecule has 0 saturated heterocycles. The molecule has 4 aromatic rings. The standard InChI is InChI=1S/C23H19ClN4O6S/c1-13(21(29)25-16-8-4-15(24)5-9-16)34-22(30)14-2-6-17(7-3-14)28-35(32,33)18-10-11-19-20(12-18)27-23(31)26-19/h2-13,28H,1H3,(H,25,29)(H2,26,27,31)/t13-/m0/s1. The molecular formula is C23H19ClN4O6S. The molecule has 12 heteroatoms. The average Bonchev–Trinajstić information content (AvgIpc) is 3.20. The maximum Gasteiger partial charge on any atom is 0.338 e. The van der Waals surface area contributed by atoms with Crippen molar-refractivity contribution in [3.8, 4) is 0 Å². The Kier molecular flexibility index (Phi) is 6.63. The van der Waals surface area contributed by atoms with Crippen LogP contribution in [0.2, 0.25) is 5.02 Å². The summed E-state index contributed by atoms with van der Waals surface area (Å²) in [5, 5.41) is 3.14. The second kappa shape index (κ2) is 9.65. The van der Waals surface area contributed by atoms with Gasteiger partial charge in [0.1, 0.15) is 0 Å². The highest BCUT2D eigenvalue weighted by molar-refractivity contribution is 7.92. The molecule has 1 aromatic heterocycles. The van der Waals surface area contributed by atoms with Crippen LogP contribution in [0.25, 0.3) is 11.0 Å². The number of fused-ring (bicyclic) bond motifs is 1. The molecule has 180 valence electrons. The van der Waals surface area contributed by atoms with Gasteiger partial charge in [-0.1, -0.05) is 11.6 Å². The van der Waals surface area contributed by atoms with Crippen molar-refractivity contribution in [1.29, 1.82) is 0 Å². The number of ether oxygens (including phenoxy) is 1. The summed E-state index contributed by atoms with van der Waals surface area (Å²) in [6, 6.07) is 16.2. The van der Waals surface area contributed by atoms with Crippen molar-refractivity contribution < 1.29 is 22.7 Å². The second-order valence-corrected chi connectivity index (χ2v) is 9.63. The highest BCUT2D eigenvalue weighted by atomic mass is 35.5. The number of benzene rings is 3. The van der Waals surface area contributed by atoms with Crippen LogP contribution in [-0.2, 0) is 19.6 Å². The molecule has 35 heavy (non-hydrogen) atoms. The van der Waals surface area contributed by atoms with Crippen LogP contribution in [0.4, 0.5) is 11.4 Å². The normalized spacial score (nSPS) is 12.2. The maximum atomic E-state index is 12.7. The van der Waals surface area contributed by atoms with Crippen molar-refractivity contribution >= 4 is 55.9 Å². The lowest BCUT2D eigenvalue weighted by molar-refractivity contribution is -0.123. The lowest BCUT2D eigenvalue weighted by Crippen LogP contribution is -2.30. The van der Waals surface area contributed by atoms with Crippen LogP contribution in [0, 0.1) is 0 Å². The van der Waals surface area contributed by atoms with E-state index >= 15 is 0 Å². The van der Waals surface area contributed by atoms with Crippen LogP contribution in [0.3, 0.4) is 0 Å². The molecule has 0 unspecified atom stereocenters. The highest BCUT2D eigenvalue weighted by Crippen LogP contribution is 2.20. The summed E-state index contributed by atoms with van der Waals surface area (Å²) in [6.45, 7) is 1.43. The minimum atomic E-state index is -3.95. The SMILES string of the molecule is C[C@H](OC(=O)c1ccc(NS(=O)(=O)c2ccc3[nH]c(=O)[nH]c3c2)cc1)C(=O)Nc1ccc(Cl)cc1. The molecule has 1 heterocycles. The van der Waals surface area contributed by atoms with Crippen LogP contribution in [0.5, 0.6) is 0 Å². The van der Waals surface area contributed by atoms with Crippen LogP contribution in [0.1, 0.15) is 17.3 Å². The van der Waals surface area contributed by atoms with Crippen LogP contribution >= 0.6 is 11.6 Å². The molecule has 1 atom stereocenters. The molecule has 4 rings (SSSR count). The van der Waals surface area contributed by atoms with Gasteiger partial charge in [-0.15, -0.1) is 0 Å². The Labute approximate surface area is 204 Å². The third-order valence-corrected chi connectivity index (χ3v) is 6.57. The van der Waals surface area contributed by atoms with Crippen molar-refractivity contribution in [1.82, 2.24) is 9.97 Å². The summed E-state index contributed by atoms with van der Waals surface area (Å²) in [5.41, 5.74) is 1.23. The lowest BCUT2D eigenvalue weighted by Gasteiger charge is -2.14. The van der Waals surface area contributed by atoms with E-state index in [0.717, 1.165) is 0 Å². The largest absolute Gasteiger partial charge is 0.449 e. The molecule has 10 nitrogen and oxygen atoms in total. The number of aromatic nitrogens is 2. The van der Waals surface area contributed by atoms with Gasteiger partial charge in [-0.25, -0.2) is 18.0 Å². The topological polar surface area (TPSA) is 150 Å². The molecule has 0 aliphatic heterocycles.